The van der Waals surface area contributed by atoms with Crippen molar-refractivity contribution in [3.8, 4) is 22.7 Å². The van der Waals surface area contributed by atoms with Crippen molar-refractivity contribution in [2.45, 2.75) is 17.9 Å². The lowest BCUT2D eigenvalue weighted by molar-refractivity contribution is -0.115. The number of nitrogens with zero attached hydrogens (tertiary/aromatic N) is 2. The van der Waals surface area contributed by atoms with Gasteiger partial charge >= 0.3 is 0 Å². The van der Waals surface area contributed by atoms with E-state index in [2.05, 4.69) is 5.32 Å². The number of carbonyl (C=O) groups excluding carboxylic acids is 1. The molecule has 0 spiro atoms. The largest absolute Gasteiger partial charge is 0.497 e. The van der Waals surface area contributed by atoms with E-state index in [1.807, 2.05) is 60.8 Å². The number of anilines is 1. The summed E-state index contributed by atoms with van der Waals surface area (Å²) < 4.78 is 34.9. The van der Waals surface area contributed by atoms with E-state index in [1.165, 1.54) is 17.8 Å². The summed E-state index contributed by atoms with van der Waals surface area (Å²) in [5.41, 5.74) is 3.10. The number of hydrogen-bond acceptors (Lipinski definition) is 4. The molecule has 0 aliphatic rings. The van der Waals surface area contributed by atoms with Gasteiger partial charge in [-0.3, -0.25) is 4.79 Å². The molecule has 0 aliphatic heterocycles. The zero-order valence-corrected chi connectivity index (χ0v) is 19.5. The van der Waals surface area contributed by atoms with Gasteiger partial charge in [0, 0.05) is 23.1 Å². The van der Waals surface area contributed by atoms with Crippen LogP contribution in [0.25, 0.3) is 16.9 Å². The number of hydrogen-bond donors (Lipinski definition) is 1. The summed E-state index contributed by atoms with van der Waals surface area (Å²) in [6, 6.07) is 20.8. The third kappa shape index (κ3) is 5.28. The van der Waals surface area contributed by atoms with Crippen LogP contribution >= 0.6 is 11.8 Å². The van der Waals surface area contributed by atoms with Crippen LogP contribution in [0.15, 0.2) is 79.0 Å². The van der Waals surface area contributed by atoms with Gasteiger partial charge in [0.2, 0.25) is 5.91 Å². The van der Waals surface area contributed by atoms with E-state index in [-0.39, 0.29) is 0 Å². The van der Waals surface area contributed by atoms with Crippen molar-refractivity contribution < 1.29 is 18.3 Å². The molecule has 34 heavy (non-hydrogen) atoms. The Morgan fingerprint density at radius 2 is 1.71 bits per heavy atom. The molecule has 0 saturated heterocycles. The first-order valence-corrected chi connectivity index (χ1v) is 11.7. The molecule has 4 rings (SSSR count). The first-order valence-electron chi connectivity index (χ1n) is 10.6. The molecular formula is C26H23F2N3O2S. The minimum absolute atomic E-state index is 0.434. The maximum absolute atomic E-state index is 13.9. The van der Waals surface area contributed by atoms with Gasteiger partial charge in [0.25, 0.3) is 0 Å². The maximum atomic E-state index is 13.9. The second-order valence-corrected chi connectivity index (χ2v) is 8.88. The molecule has 1 heterocycles. The van der Waals surface area contributed by atoms with Gasteiger partial charge in [0.15, 0.2) is 0 Å². The number of benzene rings is 3. The van der Waals surface area contributed by atoms with Crippen LogP contribution < -0.4 is 10.1 Å². The smallest absolute Gasteiger partial charge is 0.237 e. The molecule has 0 saturated carbocycles. The van der Waals surface area contributed by atoms with Gasteiger partial charge in [-0.2, -0.15) is 5.10 Å². The lowest BCUT2D eigenvalue weighted by atomic mass is 10.1. The summed E-state index contributed by atoms with van der Waals surface area (Å²) in [4.78, 5) is 12.6. The van der Waals surface area contributed by atoms with E-state index in [0.717, 1.165) is 40.4 Å². The number of methoxy groups -OCH3 is 1. The summed E-state index contributed by atoms with van der Waals surface area (Å²) in [5.74, 6) is -0.876. The molecule has 0 radical (unpaired) electrons. The number of halogens is 2. The average Bonchev–Trinajstić information content (AvgIpc) is 3.29. The van der Waals surface area contributed by atoms with Crippen LogP contribution in [-0.2, 0) is 10.5 Å². The number of nitrogens with one attached hydrogen (secondary N) is 1. The molecule has 8 heteroatoms. The van der Waals surface area contributed by atoms with Crippen LogP contribution in [0.3, 0.4) is 0 Å². The predicted molar refractivity (Wildman–Crippen MR) is 131 cm³/mol. The van der Waals surface area contributed by atoms with Crippen LogP contribution in [0.5, 0.6) is 5.75 Å². The highest BCUT2D eigenvalue weighted by Gasteiger charge is 2.20. The molecule has 174 valence electrons. The molecule has 1 N–H and O–H groups in total. The Bertz CT molecular complexity index is 1260. The van der Waals surface area contributed by atoms with Crippen LogP contribution in [0.1, 0.15) is 12.5 Å². The summed E-state index contributed by atoms with van der Waals surface area (Å²) in [6.45, 7) is 1.70. The quantitative estimate of drug-likeness (QED) is 0.332. The molecule has 1 unspecified atom stereocenters. The number of aromatic nitrogens is 2. The van der Waals surface area contributed by atoms with Gasteiger partial charge in [-0.15, -0.1) is 11.8 Å². The monoisotopic (exact) mass is 479 g/mol. The van der Waals surface area contributed by atoms with Crippen LogP contribution in [0.2, 0.25) is 0 Å². The Kier molecular flexibility index (Phi) is 7.27. The Labute approximate surface area is 200 Å². The fourth-order valence-electron chi connectivity index (χ4n) is 3.35. The Hall–Kier alpha value is -3.65. The minimum Gasteiger partial charge on any atom is -0.497 e. The van der Waals surface area contributed by atoms with Crippen LogP contribution in [-0.4, -0.2) is 28.0 Å². The first kappa shape index (κ1) is 23.5. The topological polar surface area (TPSA) is 56.2 Å². The number of amides is 1. The van der Waals surface area contributed by atoms with Gasteiger partial charge in [0.1, 0.15) is 23.1 Å². The third-order valence-electron chi connectivity index (χ3n) is 5.24. The van der Waals surface area contributed by atoms with Crippen LogP contribution in [0.4, 0.5) is 14.5 Å². The van der Waals surface area contributed by atoms with E-state index >= 15 is 0 Å². The molecule has 0 fully saturated rings. The Morgan fingerprint density at radius 1 is 1.03 bits per heavy atom. The van der Waals surface area contributed by atoms with E-state index < -0.39 is 28.5 Å². The number of para-hydroxylation sites is 2. The van der Waals surface area contributed by atoms with Crippen molar-refractivity contribution >= 4 is 23.4 Å². The van der Waals surface area contributed by atoms with Crippen molar-refractivity contribution in [3.63, 3.8) is 0 Å². The summed E-state index contributed by atoms with van der Waals surface area (Å²) in [7, 11) is 1.61. The second kappa shape index (κ2) is 10.5. The van der Waals surface area contributed by atoms with Gasteiger partial charge in [0.05, 0.1) is 23.7 Å². The summed E-state index contributed by atoms with van der Waals surface area (Å²) >= 11 is 1.36. The molecule has 4 aromatic rings. The lowest BCUT2D eigenvalue weighted by Crippen LogP contribution is -2.23. The highest BCUT2D eigenvalue weighted by atomic mass is 32.2. The highest BCUT2D eigenvalue weighted by molar-refractivity contribution is 7.99. The highest BCUT2D eigenvalue weighted by Crippen LogP contribution is 2.30. The lowest BCUT2D eigenvalue weighted by Gasteiger charge is -2.13. The average molecular weight is 480 g/mol. The third-order valence-corrected chi connectivity index (χ3v) is 6.43. The van der Waals surface area contributed by atoms with Gasteiger partial charge in [-0.25, -0.2) is 13.5 Å². The standard InChI is InChI=1S/C26H23F2N3O2S/c1-17(26(32)29-25-22(27)9-6-10-23(25)28)34-16-19-15-31(20-7-4-3-5-8-20)30-24(19)18-11-13-21(33-2)14-12-18/h3-15,17H,16H2,1-2H3,(H,29,32). The Morgan fingerprint density at radius 3 is 2.35 bits per heavy atom. The molecule has 0 bridgehead atoms. The van der Waals surface area contributed by atoms with Crippen LogP contribution in [0, 0.1) is 11.6 Å². The van der Waals surface area contributed by atoms with Gasteiger partial charge in [-0.1, -0.05) is 24.3 Å². The normalized spacial score (nSPS) is 11.8. The van der Waals surface area contributed by atoms with Gasteiger partial charge in [-0.05, 0) is 55.5 Å². The van der Waals surface area contributed by atoms with Gasteiger partial charge < -0.3 is 10.1 Å². The van der Waals surface area contributed by atoms with Crippen molar-refractivity contribution in [3.05, 3.63) is 96.2 Å². The minimum atomic E-state index is -0.809. The molecule has 1 amide bonds. The number of thioether (sulfide) groups is 1. The van der Waals surface area contributed by atoms with Crippen molar-refractivity contribution in [1.29, 1.82) is 0 Å². The zero-order chi connectivity index (χ0) is 24.1. The zero-order valence-electron chi connectivity index (χ0n) is 18.7. The molecule has 3 aromatic carbocycles. The van der Waals surface area contributed by atoms with E-state index in [9.17, 15) is 13.6 Å². The van der Waals surface area contributed by atoms with E-state index in [1.54, 1.807) is 18.7 Å². The van der Waals surface area contributed by atoms with Crippen molar-refractivity contribution in [1.82, 2.24) is 9.78 Å². The summed E-state index contributed by atoms with van der Waals surface area (Å²) in [5, 5.41) is 6.59. The molecule has 0 aliphatic carbocycles. The SMILES string of the molecule is COc1ccc(-c2nn(-c3ccccc3)cc2CSC(C)C(=O)Nc2c(F)cccc2F)cc1. The fourth-order valence-corrected chi connectivity index (χ4v) is 4.20. The van der Waals surface area contributed by atoms with Crippen molar-refractivity contribution in [2.24, 2.45) is 0 Å². The molecular weight excluding hydrogens is 456 g/mol. The van der Waals surface area contributed by atoms with E-state index in [4.69, 9.17) is 9.84 Å². The van der Waals surface area contributed by atoms with E-state index in [0.29, 0.717) is 5.75 Å². The summed E-state index contributed by atoms with van der Waals surface area (Å²) in [6.07, 6.45) is 1.93. The first-order chi connectivity index (χ1) is 16.5. The molecule has 1 atom stereocenters. The number of rotatable bonds is 8. The number of carbonyl (C=O) groups is 1. The molecule has 1 aromatic heterocycles. The van der Waals surface area contributed by atoms with Crippen molar-refractivity contribution in [2.75, 3.05) is 12.4 Å². The predicted octanol–water partition coefficient (Wildman–Crippen LogP) is 6.09. The Balaban J connectivity index is 1.55. The molecule has 5 nitrogen and oxygen atoms in total. The maximum Gasteiger partial charge on any atom is 0.237 e. The second-order valence-electron chi connectivity index (χ2n) is 7.55. The fraction of sp³-hybridized carbons (Fsp3) is 0.154. The number of ether oxygens (including phenoxy) is 1.